The van der Waals surface area contributed by atoms with Crippen molar-refractivity contribution in [3.63, 3.8) is 0 Å². The van der Waals surface area contributed by atoms with Crippen molar-refractivity contribution < 1.29 is 9.21 Å². The van der Waals surface area contributed by atoms with Crippen molar-refractivity contribution in [2.45, 2.75) is 17.4 Å². The monoisotopic (exact) mass is 332 g/mol. The SMILES string of the molecule is CC(Sc1nc2ccccc2o1)C(=O)Nc1ccccc1Cl. The van der Waals surface area contributed by atoms with E-state index in [9.17, 15) is 4.79 Å². The second-order valence-electron chi connectivity index (χ2n) is 4.68. The third kappa shape index (κ3) is 3.26. The molecule has 112 valence electrons. The summed E-state index contributed by atoms with van der Waals surface area (Å²) in [5.41, 5.74) is 2.09. The van der Waals surface area contributed by atoms with Crippen molar-refractivity contribution in [1.82, 2.24) is 4.98 Å². The summed E-state index contributed by atoms with van der Waals surface area (Å²) >= 11 is 7.30. The zero-order valence-corrected chi connectivity index (χ0v) is 13.3. The molecule has 4 nitrogen and oxygen atoms in total. The van der Waals surface area contributed by atoms with Gasteiger partial charge in [0.05, 0.1) is 16.0 Å². The van der Waals surface area contributed by atoms with Gasteiger partial charge in [0, 0.05) is 0 Å². The maximum Gasteiger partial charge on any atom is 0.257 e. The standard InChI is InChI=1S/C16H13ClN2O2S/c1-10(15(20)18-12-7-3-2-6-11(12)17)22-16-19-13-8-4-5-9-14(13)21-16/h2-10H,1H3,(H,18,20). The molecule has 0 aliphatic heterocycles. The number of thioether (sulfide) groups is 1. The molecule has 0 radical (unpaired) electrons. The third-order valence-corrected chi connectivity index (χ3v) is 4.33. The summed E-state index contributed by atoms with van der Waals surface area (Å²) in [5.74, 6) is -0.152. The quantitative estimate of drug-likeness (QED) is 0.709. The summed E-state index contributed by atoms with van der Waals surface area (Å²) in [6.07, 6.45) is 0. The van der Waals surface area contributed by atoms with Gasteiger partial charge in [0.1, 0.15) is 5.52 Å². The lowest BCUT2D eigenvalue weighted by atomic mass is 10.3. The molecule has 6 heteroatoms. The van der Waals surface area contributed by atoms with Gasteiger partial charge in [0.2, 0.25) is 5.91 Å². The van der Waals surface area contributed by atoms with Gasteiger partial charge in [-0.25, -0.2) is 4.98 Å². The average Bonchev–Trinajstić information content (AvgIpc) is 2.91. The van der Waals surface area contributed by atoms with Gasteiger partial charge >= 0.3 is 0 Å². The lowest BCUT2D eigenvalue weighted by Crippen LogP contribution is -2.22. The number of rotatable bonds is 4. The van der Waals surface area contributed by atoms with E-state index in [-0.39, 0.29) is 11.2 Å². The van der Waals surface area contributed by atoms with Crippen molar-refractivity contribution in [2.75, 3.05) is 5.32 Å². The Morgan fingerprint density at radius 1 is 1.23 bits per heavy atom. The van der Waals surface area contributed by atoms with Gasteiger partial charge < -0.3 is 9.73 Å². The number of oxazole rings is 1. The summed E-state index contributed by atoms with van der Waals surface area (Å²) < 4.78 is 5.61. The first kappa shape index (κ1) is 14.9. The van der Waals surface area contributed by atoms with Crippen molar-refractivity contribution in [3.05, 3.63) is 53.6 Å². The number of amides is 1. The molecule has 22 heavy (non-hydrogen) atoms. The molecule has 0 fully saturated rings. The molecule has 1 heterocycles. The Balaban J connectivity index is 1.69. The highest BCUT2D eigenvalue weighted by atomic mass is 35.5. The molecule has 1 N–H and O–H groups in total. The third-order valence-electron chi connectivity index (χ3n) is 3.05. The minimum absolute atomic E-state index is 0.152. The molecule has 0 spiro atoms. The number of nitrogens with one attached hydrogen (secondary N) is 1. The molecule has 3 rings (SSSR count). The van der Waals surface area contributed by atoms with E-state index in [1.807, 2.05) is 36.4 Å². The van der Waals surface area contributed by atoms with Gasteiger partial charge in [-0.15, -0.1) is 0 Å². The van der Waals surface area contributed by atoms with E-state index in [0.717, 1.165) is 5.52 Å². The van der Waals surface area contributed by atoms with Crippen LogP contribution >= 0.6 is 23.4 Å². The van der Waals surface area contributed by atoms with Crippen molar-refractivity contribution in [2.24, 2.45) is 0 Å². The molecule has 1 unspecified atom stereocenters. The molecule has 1 amide bonds. The maximum absolute atomic E-state index is 12.2. The van der Waals surface area contributed by atoms with Crippen LogP contribution < -0.4 is 5.32 Å². The maximum atomic E-state index is 12.2. The van der Waals surface area contributed by atoms with E-state index in [2.05, 4.69) is 10.3 Å². The van der Waals surface area contributed by atoms with Crippen LogP contribution in [0.4, 0.5) is 5.69 Å². The number of carbonyl (C=O) groups excluding carboxylic acids is 1. The number of halogens is 1. The number of anilines is 1. The number of nitrogens with zero attached hydrogens (tertiary/aromatic N) is 1. The van der Waals surface area contributed by atoms with Gasteiger partial charge in [-0.3, -0.25) is 4.79 Å². The molecule has 0 saturated carbocycles. The Bertz CT molecular complexity index is 786. The fourth-order valence-electron chi connectivity index (χ4n) is 1.90. The Morgan fingerprint density at radius 3 is 2.73 bits per heavy atom. The van der Waals surface area contributed by atoms with Crippen LogP contribution in [0.5, 0.6) is 0 Å². The number of fused-ring (bicyclic) bond motifs is 1. The molecule has 1 aromatic heterocycles. The number of para-hydroxylation sites is 3. The van der Waals surface area contributed by atoms with Gasteiger partial charge in [0.25, 0.3) is 5.22 Å². The minimum atomic E-state index is -0.357. The summed E-state index contributed by atoms with van der Waals surface area (Å²) in [6.45, 7) is 1.80. The van der Waals surface area contributed by atoms with Crippen LogP contribution in [0.25, 0.3) is 11.1 Å². The molecule has 0 aliphatic rings. The van der Waals surface area contributed by atoms with Crippen LogP contribution in [0.3, 0.4) is 0 Å². The normalized spacial score (nSPS) is 12.3. The minimum Gasteiger partial charge on any atom is -0.431 e. The lowest BCUT2D eigenvalue weighted by molar-refractivity contribution is -0.115. The van der Waals surface area contributed by atoms with Crippen LogP contribution in [-0.2, 0) is 4.79 Å². The fraction of sp³-hybridized carbons (Fsp3) is 0.125. The molecule has 1 atom stereocenters. The van der Waals surface area contributed by atoms with Crippen molar-refractivity contribution in [1.29, 1.82) is 0 Å². The first-order chi connectivity index (χ1) is 10.6. The molecule has 0 bridgehead atoms. The van der Waals surface area contributed by atoms with E-state index >= 15 is 0 Å². The number of benzene rings is 2. The van der Waals surface area contributed by atoms with E-state index in [1.54, 1.807) is 19.1 Å². The number of hydrogen-bond acceptors (Lipinski definition) is 4. The van der Waals surface area contributed by atoms with E-state index in [0.29, 0.717) is 21.5 Å². The van der Waals surface area contributed by atoms with Crippen LogP contribution in [0.2, 0.25) is 5.02 Å². The van der Waals surface area contributed by atoms with Crippen LogP contribution in [0.1, 0.15) is 6.92 Å². The number of carbonyl (C=O) groups is 1. The zero-order valence-electron chi connectivity index (χ0n) is 11.7. The summed E-state index contributed by atoms with van der Waals surface area (Å²) in [5, 5.41) is 3.43. The second-order valence-corrected chi connectivity index (χ2v) is 6.38. The molecule has 0 aliphatic carbocycles. The molecular formula is C16H13ClN2O2S. The Labute approximate surface area is 136 Å². The van der Waals surface area contributed by atoms with E-state index in [1.165, 1.54) is 11.8 Å². The van der Waals surface area contributed by atoms with Crippen molar-refractivity contribution in [3.8, 4) is 0 Å². The smallest absolute Gasteiger partial charge is 0.257 e. The summed E-state index contributed by atoms with van der Waals surface area (Å²) in [6, 6.07) is 14.6. The second kappa shape index (κ2) is 6.42. The average molecular weight is 333 g/mol. The fourth-order valence-corrected chi connectivity index (χ4v) is 2.84. The van der Waals surface area contributed by atoms with Gasteiger partial charge in [0.15, 0.2) is 5.58 Å². The predicted molar refractivity (Wildman–Crippen MR) is 89.4 cm³/mol. The summed E-state index contributed by atoms with van der Waals surface area (Å²) in [4.78, 5) is 16.6. The Hall–Kier alpha value is -1.98. The highest BCUT2D eigenvalue weighted by Crippen LogP contribution is 2.28. The molecule has 0 saturated heterocycles. The summed E-state index contributed by atoms with van der Waals surface area (Å²) in [7, 11) is 0. The van der Waals surface area contributed by atoms with E-state index < -0.39 is 0 Å². The van der Waals surface area contributed by atoms with Gasteiger partial charge in [-0.1, -0.05) is 47.6 Å². The molecule has 2 aromatic carbocycles. The first-order valence-electron chi connectivity index (χ1n) is 6.71. The zero-order chi connectivity index (χ0) is 15.5. The van der Waals surface area contributed by atoms with Crippen LogP contribution in [0, 0.1) is 0 Å². The Kier molecular flexibility index (Phi) is 4.36. The Morgan fingerprint density at radius 2 is 1.95 bits per heavy atom. The van der Waals surface area contributed by atoms with Gasteiger partial charge in [-0.2, -0.15) is 0 Å². The van der Waals surface area contributed by atoms with Gasteiger partial charge in [-0.05, 0) is 31.2 Å². The highest BCUT2D eigenvalue weighted by molar-refractivity contribution is 8.00. The lowest BCUT2D eigenvalue weighted by Gasteiger charge is -2.10. The van der Waals surface area contributed by atoms with Crippen LogP contribution in [0.15, 0.2) is 58.2 Å². The predicted octanol–water partition coefficient (Wildman–Crippen LogP) is 4.60. The molecular weight excluding hydrogens is 320 g/mol. The largest absolute Gasteiger partial charge is 0.431 e. The first-order valence-corrected chi connectivity index (χ1v) is 7.97. The van der Waals surface area contributed by atoms with Crippen molar-refractivity contribution >= 4 is 46.1 Å². The van der Waals surface area contributed by atoms with Crippen LogP contribution in [-0.4, -0.2) is 16.1 Å². The molecule has 3 aromatic rings. The number of aromatic nitrogens is 1. The van der Waals surface area contributed by atoms with E-state index in [4.69, 9.17) is 16.0 Å². The topological polar surface area (TPSA) is 55.1 Å². The highest BCUT2D eigenvalue weighted by Gasteiger charge is 2.18. The number of hydrogen-bond donors (Lipinski definition) is 1.